The summed E-state index contributed by atoms with van der Waals surface area (Å²) in [7, 11) is -3.19. The number of sulfonamides is 1. The zero-order valence-electron chi connectivity index (χ0n) is 12.6. The van der Waals surface area contributed by atoms with E-state index in [9.17, 15) is 8.42 Å². The highest BCUT2D eigenvalue weighted by molar-refractivity contribution is 7.88. The summed E-state index contributed by atoms with van der Waals surface area (Å²) in [4.78, 5) is 8.45. The van der Waals surface area contributed by atoms with Crippen molar-refractivity contribution in [3.63, 3.8) is 0 Å². The smallest absolute Gasteiger partial charge is 0.211 e. The normalized spacial score (nSPS) is 20.2. The number of aromatic nitrogens is 3. The molecule has 1 fully saturated rings. The molecule has 22 heavy (non-hydrogen) atoms. The maximum Gasteiger partial charge on any atom is 0.211 e. The quantitative estimate of drug-likeness (QED) is 0.852. The molecule has 2 aromatic heterocycles. The third kappa shape index (κ3) is 3.02. The van der Waals surface area contributed by atoms with E-state index >= 15 is 0 Å². The summed E-state index contributed by atoms with van der Waals surface area (Å²) in [5.74, 6) is 0.650. The molecule has 0 N–H and O–H groups in total. The second-order valence-corrected chi connectivity index (χ2v) is 7.60. The monoisotopic (exact) mass is 322 g/mol. The summed E-state index contributed by atoms with van der Waals surface area (Å²) in [6.07, 6.45) is 6.14. The van der Waals surface area contributed by atoms with E-state index in [-0.39, 0.29) is 5.92 Å². The van der Waals surface area contributed by atoms with Gasteiger partial charge in [0.05, 0.1) is 23.2 Å². The van der Waals surface area contributed by atoms with Crippen molar-refractivity contribution in [1.29, 1.82) is 0 Å². The Balaban J connectivity index is 1.95. The van der Waals surface area contributed by atoms with Crippen LogP contribution in [0.4, 0.5) is 0 Å². The van der Waals surface area contributed by atoms with Crippen LogP contribution in [-0.2, 0) is 10.0 Å². The third-order valence-corrected chi connectivity index (χ3v) is 5.15. The molecule has 3 heterocycles. The first kappa shape index (κ1) is 15.1. The lowest BCUT2D eigenvalue weighted by Gasteiger charge is -2.31. The van der Waals surface area contributed by atoms with E-state index in [0.717, 1.165) is 29.8 Å². The summed E-state index contributed by atoms with van der Waals surface area (Å²) in [5, 5.41) is 3.90. The summed E-state index contributed by atoms with van der Waals surface area (Å²) >= 11 is 0. The van der Waals surface area contributed by atoms with Crippen molar-refractivity contribution in [2.75, 3.05) is 19.3 Å². The van der Waals surface area contributed by atoms with Gasteiger partial charge >= 0.3 is 0 Å². The Labute approximate surface area is 129 Å². The van der Waals surface area contributed by atoms with Gasteiger partial charge in [-0.3, -0.25) is 0 Å². The molecule has 7 nitrogen and oxygen atoms in total. The minimum atomic E-state index is -3.19. The molecule has 0 aliphatic carbocycles. The fraction of sp³-hybridized carbons (Fsp3) is 0.500. The summed E-state index contributed by atoms with van der Waals surface area (Å²) < 4.78 is 30.4. The van der Waals surface area contributed by atoms with Crippen LogP contribution in [-0.4, -0.2) is 47.2 Å². The molecule has 0 saturated carbocycles. The van der Waals surface area contributed by atoms with Gasteiger partial charge in [-0.05, 0) is 19.8 Å². The molecule has 0 unspecified atom stereocenters. The van der Waals surface area contributed by atoms with Crippen LogP contribution >= 0.6 is 0 Å². The van der Waals surface area contributed by atoms with Crippen molar-refractivity contribution in [2.45, 2.75) is 25.7 Å². The fourth-order valence-corrected chi connectivity index (χ4v) is 3.72. The minimum Gasteiger partial charge on any atom is -0.356 e. The van der Waals surface area contributed by atoms with Crippen LogP contribution in [0, 0.1) is 6.92 Å². The van der Waals surface area contributed by atoms with Gasteiger partial charge in [0.15, 0.2) is 5.76 Å². The molecule has 1 aliphatic rings. The van der Waals surface area contributed by atoms with Gasteiger partial charge in [-0.25, -0.2) is 22.7 Å². The first-order valence-corrected chi connectivity index (χ1v) is 8.98. The van der Waals surface area contributed by atoms with Crippen LogP contribution in [0.1, 0.15) is 30.1 Å². The molecule has 3 rings (SSSR count). The Morgan fingerprint density at radius 1 is 1.41 bits per heavy atom. The molecule has 0 bridgehead atoms. The molecular weight excluding hydrogens is 304 g/mol. The first-order chi connectivity index (χ1) is 10.4. The van der Waals surface area contributed by atoms with Gasteiger partial charge in [-0.15, -0.1) is 0 Å². The number of piperidine rings is 1. The van der Waals surface area contributed by atoms with E-state index in [0.29, 0.717) is 18.8 Å². The van der Waals surface area contributed by atoms with Gasteiger partial charge in [-0.1, -0.05) is 5.16 Å². The van der Waals surface area contributed by atoms with E-state index in [4.69, 9.17) is 4.52 Å². The molecule has 1 aliphatic heterocycles. The van der Waals surface area contributed by atoms with Gasteiger partial charge in [0.25, 0.3) is 0 Å². The lowest BCUT2D eigenvalue weighted by atomic mass is 9.92. The van der Waals surface area contributed by atoms with Crippen molar-refractivity contribution in [3.8, 4) is 11.3 Å². The molecule has 1 saturated heterocycles. The Morgan fingerprint density at radius 2 is 2.23 bits per heavy atom. The summed E-state index contributed by atoms with van der Waals surface area (Å²) in [6.45, 7) is 2.86. The van der Waals surface area contributed by atoms with Crippen LogP contribution in [0.25, 0.3) is 11.3 Å². The molecule has 0 radical (unpaired) electrons. The molecule has 8 heteroatoms. The number of aryl methyl sites for hydroxylation is 1. The van der Waals surface area contributed by atoms with Crippen LogP contribution in [0.15, 0.2) is 23.1 Å². The highest BCUT2D eigenvalue weighted by Crippen LogP contribution is 2.33. The van der Waals surface area contributed by atoms with Crippen LogP contribution < -0.4 is 0 Å². The van der Waals surface area contributed by atoms with E-state index in [1.54, 1.807) is 6.20 Å². The largest absolute Gasteiger partial charge is 0.356 e. The Bertz CT molecular complexity index is 772. The second-order valence-electron chi connectivity index (χ2n) is 5.61. The van der Waals surface area contributed by atoms with Gasteiger partial charge < -0.3 is 4.52 Å². The van der Waals surface area contributed by atoms with Gasteiger partial charge in [0.2, 0.25) is 10.0 Å². The van der Waals surface area contributed by atoms with E-state index < -0.39 is 10.0 Å². The SMILES string of the molecule is Cc1cc(-c2cncnc2[C@@H]2CCCN(S(C)(=O)=O)C2)on1. The summed E-state index contributed by atoms with van der Waals surface area (Å²) in [6, 6.07) is 1.83. The molecule has 1 atom stereocenters. The predicted octanol–water partition coefficient (Wildman–Crippen LogP) is 1.58. The third-order valence-electron chi connectivity index (χ3n) is 3.88. The minimum absolute atomic E-state index is 0.0341. The average Bonchev–Trinajstić information content (AvgIpc) is 2.93. The number of rotatable bonds is 3. The molecular formula is C14H18N4O3S. The molecule has 0 spiro atoms. The highest BCUT2D eigenvalue weighted by Gasteiger charge is 2.29. The van der Waals surface area contributed by atoms with Gasteiger partial charge in [-0.2, -0.15) is 0 Å². The van der Waals surface area contributed by atoms with Gasteiger partial charge in [0, 0.05) is 31.3 Å². The average molecular weight is 322 g/mol. The number of nitrogens with zero attached hydrogens (tertiary/aromatic N) is 4. The maximum absolute atomic E-state index is 11.8. The molecule has 118 valence electrons. The van der Waals surface area contributed by atoms with Crippen LogP contribution in [0.3, 0.4) is 0 Å². The zero-order chi connectivity index (χ0) is 15.7. The first-order valence-electron chi connectivity index (χ1n) is 7.14. The Kier molecular flexibility index (Phi) is 3.96. The Hall–Kier alpha value is -1.80. The van der Waals surface area contributed by atoms with E-state index in [1.165, 1.54) is 16.9 Å². The van der Waals surface area contributed by atoms with Crippen molar-refractivity contribution < 1.29 is 12.9 Å². The maximum atomic E-state index is 11.8. The molecule has 0 aromatic carbocycles. The molecule has 0 amide bonds. The van der Waals surface area contributed by atoms with Crippen molar-refractivity contribution >= 4 is 10.0 Å². The number of hydrogen-bond donors (Lipinski definition) is 0. The topological polar surface area (TPSA) is 89.2 Å². The Morgan fingerprint density at radius 3 is 2.91 bits per heavy atom. The van der Waals surface area contributed by atoms with Crippen molar-refractivity contribution in [3.05, 3.63) is 30.0 Å². The summed E-state index contributed by atoms with van der Waals surface area (Å²) in [5.41, 5.74) is 2.38. The van der Waals surface area contributed by atoms with E-state index in [1.807, 2.05) is 13.0 Å². The molecule has 2 aromatic rings. The lowest BCUT2D eigenvalue weighted by Crippen LogP contribution is -2.38. The standard InChI is InChI=1S/C14H18N4O3S/c1-10-6-13(21-17-10)12-7-15-9-16-14(12)11-4-3-5-18(8-11)22(2,19)20/h6-7,9,11H,3-5,8H2,1-2H3/t11-/m1/s1. The highest BCUT2D eigenvalue weighted by atomic mass is 32.2. The van der Waals surface area contributed by atoms with E-state index in [2.05, 4.69) is 15.1 Å². The predicted molar refractivity (Wildman–Crippen MR) is 80.7 cm³/mol. The number of hydrogen-bond acceptors (Lipinski definition) is 6. The van der Waals surface area contributed by atoms with Gasteiger partial charge in [0.1, 0.15) is 6.33 Å². The lowest BCUT2D eigenvalue weighted by molar-refractivity contribution is 0.314. The van der Waals surface area contributed by atoms with Crippen molar-refractivity contribution in [2.24, 2.45) is 0 Å². The zero-order valence-corrected chi connectivity index (χ0v) is 13.4. The van der Waals surface area contributed by atoms with Crippen LogP contribution in [0.2, 0.25) is 0 Å². The van der Waals surface area contributed by atoms with Crippen molar-refractivity contribution in [1.82, 2.24) is 19.4 Å². The van der Waals surface area contributed by atoms with Crippen LogP contribution in [0.5, 0.6) is 0 Å². The second kappa shape index (κ2) is 5.77. The fourth-order valence-electron chi connectivity index (χ4n) is 2.81.